The van der Waals surface area contributed by atoms with Crippen LogP contribution >= 0.6 is 0 Å². The van der Waals surface area contributed by atoms with Gasteiger partial charge < -0.3 is 14.3 Å². The van der Waals surface area contributed by atoms with E-state index < -0.39 is 68.7 Å². The van der Waals surface area contributed by atoms with Gasteiger partial charge in [0, 0.05) is 23.3 Å². The molecule has 0 amide bonds. The lowest BCUT2D eigenvalue weighted by molar-refractivity contribution is -0.129. The van der Waals surface area contributed by atoms with Gasteiger partial charge in [-0.25, -0.2) is 16.8 Å². The largest absolute Gasteiger partial charge is 0.369 e. The Balaban J connectivity index is 0.000000520. The molecule has 0 fully saturated rings. The fourth-order valence-corrected chi connectivity index (χ4v) is 8.24. The first-order valence-electron chi connectivity index (χ1n) is 16.4. The average Bonchev–Trinajstić information content (AvgIpc) is 3.03. The van der Waals surface area contributed by atoms with Gasteiger partial charge >= 0.3 is 0 Å². The van der Waals surface area contributed by atoms with Gasteiger partial charge in [-0.3, -0.25) is 8.37 Å². The Morgan fingerprint density at radius 1 is 0.596 bits per heavy atom. The molecule has 0 saturated heterocycles. The first-order chi connectivity index (χ1) is 23.9. The molecule has 2 atom stereocenters. The van der Waals surface area contributed by atoms with Gasteiger partial charge in [0.25, 0.3) is 20.2 Å². The van der Waals surface area contributed by atoms with Gasteiger partial charge in [-0.15, -0.1) is 6.58 Å². The quantitative estimate of drug-likeness (QED) is 0.0836. The van der Waals surface area contributed by atoms with Crippen molar-refractivity contribution in [3.05, 3.63) is 84.4 Å². The lowest BCUT2D eigenvalue weighted by Crippen LogP contribution is -2.38. The highest BCUT2D eigenvalue weighted by Crippen LogP contribution is 2.27. The van der Waals surface area contributed by atoms with Crippen molar-refractivity contribution in [2.45, 2.75) is 66.0 Å². The summed E-state index contributed by atoms with van der Waals surface area (Å²) in [6.45, 7) is 11.0. The zero-order valence-corrected chi connectivity index (χ0v) is 34.1. The monoisotopic (exact) mass is 810 g/mol. The van der Waals surface area contributed by atoms with Crippen molar-refractivity contribution in [3.63, 3.8) is 0 Å². The van der Waals surface area contributed by atoms with Crippen LogP contribution in [0.5, 0.6) is 0 Å². The summed E-state index contributed by atoms with van der Waals surface area (Å²) in [4.78, 5) is 11.4. The second-order valence-electron chi connectivity index (χ2n) is 13.8. The molecule has 2 aromatic carbocycles. The minimum absolute atomic E-state index is 0.0109. The topological polar surface area (TPSA) is 191 Å². The lowest BCUT2D eigenvalue weighted by atomic mass is 9.87. The maximum Gasteiger partial charge on any atom is 0.267 e. The lowest BCUT2D eigenvalue weighted by Gasteiger charge is -2.31. The normalized spacial score (nSPS) is 14.1. The van der Waals surface area contributed by atoms with Gasteiger partial charge in [0.05, 0.1) is 55.5 Å². The zero-order valence-electron chi connectivity index (χ0n) is 30.8. The van der Waals surface area contributed by atoms with E-state index in [2.05, 4.69) is 6.58 Å². The highest BCUT2D eigenvalue weighted by atomic mass is 32.2. The van der Waals surface area contributed by atoms with Crippen LogP contribution < -0.4 is 0 Å². The number of aldehydes is 1. The first-order valence-corrected chi connectivity index (χ1v) is 23.7. The molecule has 13 nitrogen and oxygen atoms in total. The van der Waals surface area contributed by atoms with Crippen molar-refractivity contribution in [3.8, 4) is 0 Å². The van der Waals surface area contributed by atoms with E-state index in [1.807, 2.05) is 74.5 Å². The van der Waals surface area contributed by atoms with Crippen LogP contribution in [0.3, 0.4) is 0 Å². The van der Waals surface area contributed by atoms with Crippen LogP contribution in [0.2, 0.25) is 0 Å². The first kappa shape index (κ1) is 47.5. The molecule has 0 radical (unpaired) electrons. The third-order valence-electron chi connectivity index (χ3n) is 7.46. The van der Waals surface area contributed by atoms with Crippen molar-refractivity contribution >= 4 is 46.2 Å². The molecule has 17 heteroatoms. The summed E-state index contributed by atoms with van der Waals surface area (Å²) in [7, 11) is -14.1. The smallest absolute Gasteiger partial charge is 0.267 e. The third kappa shape index (κ3) is 21.3. The number of rotatable bonds is 24. The minimum atomic E-state index is -3.88. The summed E-state index contributed by atoms with van der Waals surface area (Å²) in [6.07, 6.45) is 3.08. The van der Waals surface area contributed by atoms with Crippen molar-refractivity contribution < 1.29 is 56.3 Å². The van der Waals surface area contributed by atoms with Crippen molar-refractivity contribution in [1.82, 2.24) is 0 Å². The standard InChI is InChI=1S/C18H28O6S2.C17H26O7S2/c1-5-17(23-14-16-10-7-6-8-11-16)18(2,3)15-24-26(21,22)13-9-12-25(4,19)20;1-17(2,14-24-26(21,22)11-7-10-25(3,19)20)16(12-18)23-13-15-8-5-4-6-9-15/h5-8,10-11,17H,1,9,12-15H2,2-4H3;4-6,8-9,12,16H,7,10-11,13-14H2,1-3H3. The Hall–Kier alpha value is -2.51. The SMILES string of the molecule is C=CC(OCc1ccccc1)C(C)(C)COS(=O)(=O)CCCS(C)(=O)=O.CC(C)(COS(=O)(=O)CCCS(C)(=O)=O)C(C=O)OCc1ccccc1. The van der Waals surface area contributed by atoms with Crippen LogP contribution in [0.15, 0.2) is 73.3 Å². The molecule has 296 valence electrons. The van der Waals surface area contributed by atoms with E-state index in [4.69, 9.17) is 17.8 Å². The maximum atomic E-state index is 12.0. The van der Waals surface area contributed by atoms with E-state index in [9.17, 15) is 38.5 Å². The summed E-state index contributed by atoms with van der Waals surface area (Å²) in [5.41, 5.74) is 0.398. The number of hydrogen-bond acceptors (Lipinski definition) is 13. The Bertz CT molecular complexity index is 1670. The van der Waals surface area contributed by atoms with Crippen molar-refractivity contribution in [2.24, 2.45) is 10.8 Å². The summed E-state index contributed by atoms with van der Waals surface area (Å²) in [5.74, 6) is -1.14. The molecular weight excluding hydrogens is 757 g/mol. The maximum absolute atomic E-state index is 12.0. The van der Waals surface area contributed by atoms with Crippen LogP contribution in [-0.4, -0.2) is 101 Å². The molecule has 0 heterocycles. The Kier molecular flexibility index (Phi) is 19.6. The number of ether oxygens (including phenoxy) is 2. The predicted molar refractivity (Wildman–Crippen MR) is 202 cm³/mol. The molecule has 52 heavy (non-hydrogen) atoms. The number of carbonyl (C=O) groups is 1. The molecular formula is C35H54O13S4. The Labute approximate surface area is 311 Å². The van der Waals surface area contributed by atoms with Gasteiger partial charge in [-0.2, -0.15) is 16.8 Å². The molecule has 2 aromatic rings. The van der Waals surface area contributed by atoms with Crippen LogP contribution in [0.25, 0.3) is 0 Å². The van der Waals surface area contributed by atoms with E-state index >= 15 is 0 Å². The highest BCUT2D eigenvalue weighted by molar-refractivity contribution is 7.91. The van der Waals surface area contributed by atoms with E-state index in [0.29, 0.717) is 12.9 Å². The van der Waals surface area contributed by atoms with Crippen LogP contribution in [0.1, 0.15) is 51.7 Å². The Morgan fingerprint density at radius 2 is 0.942 bits per heavy atom. The average molecular weight is 811 g/mol. The molecule has 0 aliphatic heterocycles. The van der Waals surface area contributed by atoms with Crippen LogP contribution in [-0.2, 0) is 75.8 Å². The molecule has 0 saturated carbocycles. The van der Waals surface area contributed by atoms with E-state index in [0.717, 1.165) is 23.6 Å². The number of hydrogen-bond donors (Lipinski definition) is 0. The molecule has 0 spiro atoms. The highest BCUT2D eigenvalue weighted by Gasteiger charge is 2.33. The summed E-state index contributed by atoms with van der Waals surface area (Å²) in [6, 6.07) is 18.9. The van der Waals surface area contributed by atoms with E-state index in [-0.39, 0.29) is 49.9 Å². The molecule has 0 aromatic heterocycles. The molecule has 2 rings (SSSR count). The number of carbonyl (C=O) groups excluding carboxylic acids is 1. The van der Waals surface area contributed by atoms with Gasteiger partial charge in [0.1, 0.15) is 32.1 Å². The molecule has 0 bridgehead atoms. The molecule has 0 aliphatic rings. The second kappa shape index (κ2) is 21.4. The summed E-state index contributed by atoms with van der Waals surface area (Å²) >= 11 is 0. The Morgan fingerprint density at radius 3 is 1.27 bits per heavy atom. The van der Waals surface area contributed by atoms with Crippen LogP contribution in [0.4, 0.5) is 0 Å². The minimum Gasteiger partial charge on any atom is -0.369 e. The third-order valence-corrected chi connectivity index (χ3v) is 12.1. The predicted octanol–water partition coefficient (Wildman–Crippen LogP) is 4.14. The summed E-state index contributed by atoms with van der Waals surface area (Å²) in [5, 5.41) is 0. The summed E-state index contributed by atoms with van der Waals surface area (Å²) < 4.78 is 114. The second-order valence-corrected chi connectivity index (χ2v) is 21.8. The van der Waals surface area contributed by atoms with Gasteiger partial charge in [0.2, 0.25) is 0 Å². The van der Waals surface area contributed by atoms with Crippen molar-refractivity contribution in [2.75, 3.05) is 48.7 Å². The number of benzene rings is 2. The zero-order chi connectivity index (χ0) is 39.7. The fraction of sp³-hybridized carbons (Fsp3) is 0.571. The van der Waals surface area contributed by atoms with Gasteiger partial charge in [-0.05, 0) is 24.0 Å². The van der Waals surface area contributed by atoms with E-state index in [1.165, 1.54) is 0 Å². The molecule has 2 unspecified atom stereocenters. The van der Waals surface area contributed by atoms with E-state index in [1.54, 1.807) is 19.9 Å². The number of sulfone groups is 2. The van der Waals surface area contributed by atoms with Crippen LogP contribution in [0, 0.1) is 10.8 Å². The fourth-order valence-electron chi connectivity index (χ4n) is 4.34. The van der Waals surface area contributed by atoms with Crippen molar-refractivity contribution in [1.29, 1.82) is 0 Å². The van der Waals surface area contributed by atoms with Gasteiger partial charge in [-0.1, -0.05) is 94.4 Å². The van der Waals surface area contributed by atoms with Gasteiger partial charge in [0.15, 0.2) is 0 Å². The molecule has 0 aliphatic carbocycles. The molecule has 0 N–H and O–H groups in total.